The lowest BCUT2D eigenvalue weighted by Crippen LogP contribution is -2.52. The van der Waals surface area contributed by atoms with Gasteiger partial charge in [0.1, 0.15) is 6.10 Å². The monoisotopic (exact) mass is 477 g/mol. The summed E-state index contributed by atoms with van der Waals surface area (Å²) < 4.78 is 5.56. The number of carbonyl (C=O) groups excluding carboxylic acids is 2. The van der Waals surface area contributed by atoms with Gasteiger partial charge in [-0.05, 0) is 105 Å². The Morgan fingerprint density at radius 1 is 1.00 bits per heavy atom. The van der Waals surface area contributed by atoms with E-state index in [1.807, 2.05) is 0 Å². The minimum absolute atomic E-state index is 0.0378. The van der Waals surface area contributed by atoms with Gasteiger partial charge in [-0.1, -0.05) is 49.2 Å². The quantitative estimate of drug-likeness (QED) is 0.389. The Hall–Kier alpha value is -2.10. The van der Waals surface area contributed by atoms with Crippen LogP contribution in [0.2, 0.25) is 0 Å². The molecule has 35 heavy (non-hydrogen) atoms. The third kappa shape index (κ3) is 4.25. The van der Waals surface area contributed by atoms with Crippen molar-refractivity contribution in [3.63, 3.8) is 0 Å². The Labute approximate surface area is 211 Å². The van der Waals surface area contributed by atoms with E-state index in [0.29, 0.717) is 17.8 Å². The molecular formula is C31H43NO3. The molecule has 1 amide bonds. The third-order valence-corrected chi connectivity index (χ3v) is 10.6. The lowest BCUT2D eigenvalue weighted by Gasteiger charge is -2.58. The van der Waals surface area contributed by atoms with Crippen LogP contribution in [0.4, 0.5) is 0 Å². The average molecular weight is 478 g/mol. The van der Waals surface area contributed by atoms with Crippen LogP contribution in [-0.4, -0.2) is 18.0 Å². The van der Waals surface area contributed by atoms with Gasteiger partial charge >= 0.3 is 5.97 Å². The molecule has 1 aromatic rings. The molecule has 8 atom stereocenters. The first kappa shape index (κ1) is 24.6. The van der Waals surface area contributed by atoms with Gasteiger partial charge < -0.3 is 10.1 Å². The van der Waals surface area contributed by atoms with Crippen molar-refractivity contribution in [2.45, 2.75) is 98.1 Å². The maximum absolute atomic E-state index is 13.6. The molecule has 0 heterocycles. The normalized spacial score (nSPS) is 38.9. The molecule has 0 saturated heterocycles. The Balaban J connectivity index is 1.30. The largest absolute Gasteiger partial charge is 0.458 e. The van der Waals surface area contributed by atoms with E-state index in [1.54, 1.807) is 0 Å². The summed E-state index contributed by atoms with van der Waals surface area (Å²) in [5.74, 6) is 2.22. The van der Waals surface area contributed by atoms with E-state index in [9.17, 15) is 9.59 Å². The third-order valence-electron chi connectivity index (χ3n) is 10.6. The number of esters is 1. The van der Waals surface area contributed by atoms with E-state index in [4.69, 9.17) is 4.74 Å². The van der Waals surface area contributed by atoms with Crippen molar-refractivity contribution in [3.8, 4) is 0 Å². The molecule has 0 bridgehead atoms. The van der Waals surface area contributed by atoms with E-state index in [-0.39, 0.29) is 40.8 Å². The summed E-state index contributed by atoms with van der Waals surface area (Å²) >= 11 is 0. The van der Waals surface area contributed by atoms with Crippen LogP contribution in [0.1, 0.15) is 96.2 Å². The first-order valence-corrected chi connectivity index (χ1v) is 13.9. The highest BCUT2D eigenvalue weighted by molar-refractivity contribution is 5.80. The minimum atomic E-state index is -0.176. The van der Waals surface area contributed by atoms with E-state index in [0.717, 1.165) is 32.1 Å². The Morgan fingerprint density at radius 2 is 1.74 bits per heavy atom. The van der Waals surface area contributed by atoms with Crippen molar-refractivity contribution in [3.05, 3.63) is 47.0 Å². The minimum Gasteiger partial charge on any atom is -0.458 e. The molecule has 4 aliphatic rings. The standard InChI is InChI=1S/C31H43NO3/c1-19-6-8-22(9-7-19)20(2)32-29(34)28-13-12-26-25-11-10-23-18-24(35-21(3)33)14-16-30(23,4)27(25)15-17-31(26,28)5/h6-9,18,20,24-28H,10-17H2,1-5H3,(H,32,34)/t20-,24-,25-,26-,27-,28+,30-,31-/m0/s1. The summed E-state index contributed by atoms with van der Waals surface area (Å²) in [7, 11) is 0. The van der Waals surface area contributed by atoms with Crippen LogP contribution in [0.3, 0.4) is 0 Å². The second kappa shape index (κ2) is 9.09. The van der Waals surface area contributed by atoms with Gasteiger partial charge in [0.2, 0.25) is 5.91 Å². The van der Waals surface area contributed by atoms with Gasteiger partial charge in [0.05, 0.1) is 6.04 Å². The molecular weight excluding hydrogens is 434 g/mol. The number of allylic oxidation sites excluding steroid dienone is 1. The molecule has 4 heteroatoms. The highest BCUT2D eigenvalue weighted by atomic mass is 16.5. The number of aryl methyl sites for hydroxylation is 1. The number of nitrogens with one attached hydrogen (secondary N) is 1. The molecule has 3 fully saturated rings. The fraction of sp³-hybridized carbons (Fsp3) is 0.677. The fourth-order valence-electron chi connectivity index (χ4n) is 8.69. The first-order chi connectivity index (χ1) is 16.6. The van der Waals surface area contributed by atoms with Gasteiger partial charge in [-0.3, -0.25) is 9.59 Å². The maximum Gasteiger partial charge on any atom is 0.303 e. The first-order valence-electron chi connectivity index (χ1n) is 13.9. The van der Waals surface area contributed by atoms with E-state index in [1.165, 1.54) is 42.9 Å². The molecule has 190 valence electrons. The Kier molecular flexibility index (Phi) is 6.38. The molecule has 3 saturated carbocycles. The van der Waals surface area contributed by atoms with Gasteiger partial charge in [-0.15, -0.1) is 0 Å². The summed E-state index contributed by atoms with van der Waals surface area (Å²) in [4.78, 5) is 25.1. The Bertz CT molecular complexity index is 1010. The molecule has 0 aliphatic heterocycles. The number of hydrogen-bond acceptors (Lipinski definition) is 3. The van der Waals surface area contributed by atoms with Gasteiger partial charge in [0.25, 0.3) is 0 Å². The lowest BCUT2D eigenvalue weighted by atomic mass is 9.47. The van der Waals surface area contributed by atoms with Crippen LogP contribution in [0, 0.1) is 41.4 Å². The summed E-state index contributed by atoms with van der Waals surface area (Å²) in [6.45, 7) is 10.6. The highest BCUT2D eigenvalue weighted by Crippen LogP contribution is 2.66. The molecule has 1 aromatic carbocycles. The van der Waals surface area contributed by atoms with Crippen molar-refractivity contribution in [1.29, 1.82) is 0 Å². The van der Waals surface area contributed by atoms with Gasteiger partial charge in [0, 0.05) is 12.8 Å². The molecule has 1 N–H and O–H groups in total. The van der Waals surface area contributed by atoms with Crippen molar-refractivity contribution >= 4 is 11.9 Å². The smallest absolute Gasteiger partial charge is 0.303 e. The summed E-state index contributed by atoms with van der Waals surface area (Å²) in [6, 6.07) is 8.55. The van der Waals surface area contributed by atoms with Gasteiger partial charge in [0.15, 0.2) is 0 Å². The van der Waals surface area contributed by atoms with Crippen LogP contribution in [0.15, 0.2) is 35.9 Å². The predicted molar refractivity (Wildman–Crippen MR) is 138 cm³/mol. The van der Waals surface area contributed by atoms with E-state index >= 15 is 0 Å². The van der Waals surface area contributed by atoms with Crippen LogP contribution < -0.4 is 5.32 Å². The van der Waals surface area contributed by atoms with E-state index in [2.05, 4.69) is 63.4 Å². The van der Waals surface area contributed by atoms with Crippen LogP contribution in [-0.2, 0) is 14.3 Å². The zero-order valence-electron chi connectivity index (χ0n) is 22.2. The maximum atomic E-state index is 13.6. The van der Waals surface area contributed by atoms with Crippen LogP contribution >= 0.6 is 0 Å². The highest BCUT2D eigenvalue weighted by Gasteiger charge is 2.60. The number of ether oxygens (including phenoxy) is 1. The molecule has 5 rings (SSSR count). The summed E-state index contributed by atoms with van der Waals surface area (Å²) in [5.41, 5.74) is 4.27. The molecule has 0 radical (unpaired) electrons. The Morgan fingerprint density at radius 3 is 2.46 bits per heavy atom. The van der Waals surface area contributed by atoms with Crippen molar-refractivity contribution in [2.75, 3.05) is 0 Å². The molecule has 0 spiro atoms. The molecule has 4 nitrogen and oxygen atoms in total. The van der Waals surface area contributed by atoms with Gasteiger partial charge in [-0.25, -0.2) is 0 Å². The molecule has 0 aromatic heterocycles. The molecule has 4 aliphatic carbocycles. The van der Waals surface area contributed by atoms with Crippen molar-refractivity contribution < 1.29 is 14.3 Å². The van der Waals surface area contributed by atoms with Crippen LogP contribution in [0.5, 0.6) is 0 Å². The average Bonchev–Trinajstić information content (AvgIpc) is 3.16. The number of hydrogen-bond donors (Lipinski definition) is 1. The second-order valence-electron chi connectivity index (χ2n) is 12.5. The summed E-state index contributed by atoms with van der Waals surface area (Å²) in [6.07, 6.45) is 11.2. The SMILES string of the molecule is CC(=O)O[C@@H]1C=C2CC[C@H]3[C@@H]4CC[C@H](C(=O)N[C@@H](C)c5ccc(C)cc5)[C@@]4(C)CC[C@@H]3[C@@]2(C)CC1. The van der Waals surface area contributed by atoms with Crippen molar-refractivity contribution in [2.24, 2.45) is 34.5 Å². The number of amides is 1. The van der Waals surface area contributed by atoms with Gasteiger partial charge in [-0.2, -0.15) is 0 Å². The van der Waals surface area contributed by atoms with Crippen molar-refractivity contribution in [1.82, 2.24) is 5.32 Å². The number of carbonyl (C=O) groups is 2. The molecule has 0 unspecified atom stereocenters. The van der Waals surface area contributed by atoms with Crippen LogP contribution in [0.25, 0.3) is 0 Å². The zero-order valence-corrected chi connectivity index (χ0v) is 22.2. The topological polar surface area (TPSA) is 55.4 Å². The number of rotatable bonds is 4. The summed E-state index contributed by atoms with van der Waals surface area (Å²) in [5, 5.41) is 3.37. The lowest BCUT2D eigenvalue weighted by molar-refractivity contribution is -0.146. The van der Waals surface area contributed by atoms with E-state index < -0.39 is 0 Å². The number of fused-ring (bicyclic) bond motifs is 5. The second-order valence-corrected chi connectivity index (χ2v) is 12.5. The zero-order chi connectivity index (χ0) is 25.0. The number of benzene rings is 1. The fourth-order valence-corrected chi connectivity index (χ4v) is 8.69. The predicted octanol–water partition coefficient (Wildman–Crippen LogP) is 6.68.